The van der Waals surface area contributed by atoms with E-state index in [0.29, 0.717) is 16.9 Å². The molecular weight excluding hydrogens is 264 g/mol. The zero-order valence-corrected chi connectivity index (χ0v) is 11.2. The van der Waals surface area contributed by atoms with E-state index >= 15 is 0 Å². The van der Waals surface area contributed by atoms with Gasteiger partial charge in [-0.2, -0.15) is 0 Å². The van der Waals surface area contributed by atoms with Crippen LogP contribution in [-0.2, 0) is 6.54 Å². The van der Waals surface area contributed by atoms with Gasteiger partial charge < -0.3 is 15.2 Å². The summed E-state index contributed by atoms with van der Waals surface area (Å²) in [5, 5.41) is 12.3. The van der Waals surface area contributed by atoms with Crippen LogP contribution in [0.1, 0.15) is 11.1 Å². The van der Waals surface area contributed by atoms with Crippen LogP contribution < -0.4 is 10.1 Å². The van der Waals surface area contributed by atoms with Gasteiger partial charge in [-0.15, -0.1) is 0 Å². The van der Waals surface area contributed by atoms with Crippen molar-refractivity contribution in [1.82, 2.24) is 0 Å². The predicted octanol–water partition coefficient (Wildman–Crippen LogP) is 3.60. The number of ether oxygens (including phenoxy) is 1. The van der Waals surface area contributed by atoms with Gasteiger partial charge in [-0.3, -0.25) is 0 Å². The quantitative estimate of drug-likeness (QED) is 0.898. The summed E-state index contributed by atoms with van der Waals surface area (Å²) in [7, 11) is 1.45. The third-order valence-electron chi connectivity index (χ3n) is 3.00. The van der Waals surface area contributed by atoms with Gasteiger partial charge >= 0.3 is 0 Å². The van der Waals surface area contributed by atoms with E-state index in [1.807, 2.05) is 0 Å². The van der Waals surface area contributed by atoms with Crippen molar-refractivity contribution in [3.8, 4) is 11.5 Å². The molecule has 0 radical (unpaired) electrons. The van der Waals surface area contributed by atoms with Crippen molar-refractivity contribution in [2.75, 3.05) is 12.4 Å². The molecule has 0 aromatic heterocycles. The van der Waals surface area contributed by atoms with Crippen LogP contribution in [0.2, 0.25) is 0 Å². The van der Waals surface area contributed by atoms with Crippen LogP contribution in [0, 0.1) is 18.6 Å². The molecule has 0 amide bonds. The number of hydrogen-bond donors (Lipinski definition) is 2. The summed E-state index contributed by atoms with van der Waals surface area (Å²) in [5.74, 6) is -0.924. The highest BCUT2D eigenvalue weighted by Crippen LogP contribution is 2.27. The Morgan fingerprint density at radius 3 is 2.60 bits per heavy atom. The first-order chi connectivity index (χ1) is 9.52. The Labute approximate surface area is 115 Å². The van der Waals surface area contributed by atoms with E-state index < -0.39 is 11.6 Å². The zero-order valence-electron chi connectivity index (χ0n) is 11.2. The summed E-state index contributed by atoms with van der Waals surface area (Å²) < 4.78 is 32.3. The summed E-state index contributed by atoms with van der Waals surface area (Å²) >= 11 is 0. The number of aryl methyl sites for hydroxylation is 1. The van der Waals surface area contributed by atoms with Crippen LogP contribution in [-0.4, -0.2) is 12.2 Å². The number of methoxy groups -OCH3 is 1. The van der Waals surface area contributed by atoms with E-state index in [2.05, 4.69) is 5.32 Å². The lowest BCUT2D eigenvalue weighted by molar-refractivity contribution is 0.373. The number of phenols is 1. The van der Waals surface area contributed by atoms with Gasteiger partial charge in [-0.05, 0) is 36.2 Å². The van der Waals surface area contributed by atoms with Crippen molar-refractivity contribution in [3.05, 3.63) is 53.1 Å². The Morgan fingerprint density at radius 1 is 1.20 bits per heavy atom. The Hall–Kier alpha value is -2.30. The third-order valence-corrected chi connectivity index (χ3v) is 3.00. The SMILES string of the molecule is COc1ccc(CNc2c(F)ccc(C)c2F)cc1O. The van der Waals surface area contributed by atoms with Crippen LogP contribution in [0.4, 0.5) is 14.5 Å². The molecule has 0 aliphatic heterocycles. The highest BCUT2D eigenvalue weighted by atomic mass is 19.1. The second-order valence-corrected chi connectivity index (χ2v) is 4.41. The zero-order chi connectivity index (χ0) is 14.7. The van der Waals surface area contributed by atoms with Gasteiger partial charge in [0.1, 0.15) is 11.5 Å². The fraction of sp³-hybridized carbons (Fsp3) is 0.200. The molecule has 0 spiro atoms. The smallest absolute Gasteiger partial charge is 0.160 e. The molecule has 0 atom stereocenters. The maximum atomic E-state index is 13.8. The molecule has 0 saturated heterocycles. The Balaban J connectivity index is 2.17. The molecule has 3 nitrogen and oxygen atoms in total. The third kappa shape index (κ3) is 2.82. The van der Waals surface area contributed by atoms with E-state index in [9.17, 15) is 13.9 Å². The van der Waals surface area contributed by atoms with Crippen molar-refractivity contribution in [2.24, 2.45) is 0 Å². The molecule has 2 aromatic carbocycles. The fourth-order valence-electron chi connectivity index (χ4n) is 1.85. The van der Waals surface area contributed by atoms with E-state index in [-0.39, 0.29) is 18.0 Å². The fourth-order valence-corrected chi connectivity index (χ4v) is 1.85. The topological polar surface area (TPSA) is 41.5 Å². The summed E-state index contributed by atoms with van der Waals surface area (Å²) in [6.07, 6.45) is 0. The molecule has 2 N–H and O–H groups in total. The standard InChI is InChI=1S/C15H15F2NO2/c1-9-3-5-11(16)15(14(9)17)18-8-10-4-6-13(20-2)12(19)7-10/h3-7,18-19H,8H2,1-2H3. The summed E-state index contributed by atoms with van der Waals surface area (Å²) in [5.41, 5.74) is 0.885. The second-order valence-electron chi connectivity index (χ2n) is 4.41. The van der Waals surface area contributed by atoms with Gasteiger partial charge in [0.2, 0.25) is 0 Å². The highest BCUT2D eigenvalue weighted by molar-refractivity contribution is 5.50. The minimum Gasteiger partial charge on any atom is -0.504 e. The van der Waals surface area contributed by atoms with Crippen LogP contribution in [0.5, 0.6) is 11.5 Å². The van der Waals surface area contributed by atoms with Gasteiger partial charge in [0, 0.05) is 6.54 Å². The summed E-state index contributed by atoms with van der Waals surface area (Å²) in [4.78, 5) is 0. The van der Waals surface area contributed by atoms with Gasteiger partial charge in [0.25, 0.3) is 0 Å². The van der Waals surface area contributed by atoms with E-state index in [0.717, 1.165) is 0 Å². The highest BCUT2D eigenvalue weighted by Gasteiger charge is 2.11. The molecule has 0 heterocycles. The van der Waals surface area contributed by atoms with E-state index in [1.165, 1.54) is 25.3 Å². The normalized spacial score (nSPS) is 10.4. The number of hydrogen-bond acceptors (Lipinski definition) is 3. The lowest BCUT2D eigenvalue weighted by atomic mass is 10.1. The van der Waals surface area contributed by atoms with Gasteiger partial charge in [0.05, 0.1) is 7.11 Å². The van der Waals surface area contributed by atoms with Crippen molar-refractivity contribution >= 4 is 5.69 Å². The number of nitrogens with one attached hydrogen (secondary N) is 1. The average molecular weight is 279 g/mol. The Kier molecular flexibility index (Phi) is 4.08. The molecule has 0 unspecified atom stereocenters. The summed E-state index contributed by atoms with van der Waals surface area (Å²) in [6.45, 7) is 1.76. The van der Waals surface area contributed by atoms with Crippen LogP contribution in [0.25, 0.3) is 0 Å². The van der Waals surface area contributed by atoms with Crippen molar-refractivity contribution in [3.63, 3.8) is 0 Å². The second kappa shape index (κ2) is 5.77. The number of phenolic OH excluding ortho intramolecular Hbond substituents is 1. The average Bonchev–Trinajstić information content (AvgIpc) is 2.43. The van der Waals surface area contributed by atoms with Crippen LogP contribution in [0.3, 0.4) is 0 Å². The molecule has 106 valence electrons. The molecule has 0 saturated carbocycles. The molecule has 20 heavy (non-hydrogen) atoms. The first-order valence-electron chi connectivity index (χ1n) is 6.07. The predicted molar refractivity (Wildman–Crippen MR) is 73.1 cm³/mol. The van der Waals surface area contributed by atoms with Crippen LogP contribution >= 0.6 is 0 Å². The molecule has 0 fully saturated rings. The first kappa shape index (κ1) is 14.1. The number of anilines is 1. The minimum absolute atomic E-state index is 0.0167. The monoisotopic (exact) mass is 279 g/mol. The van der Waals surface area contributed by atoms with E-state index in [4.69, 9.17) is 4.74 Å². The lowest BCUT2D eigenvalue weighted by Crippen LogP contribution is -2.05. The van der Waals surface area contributed by atoms with Gasteiger partial charge in [-0.1, -0.05) is 12.1 Å². The molecule has 0 aliphatic rings. The molecule has 5 heteroatoms. The minimum atomic E-state index is -0.647. The van der Waals surface area contributed by atoms with Crippen LogP contribution in [0.15, 0.2) is 30.3 Å². The molecular formula is C15H15F2NO2. The molecule has 0 aliphatic carbocycles. The Morgan fingerprint density at radius 2 is 1.95 bits per heavy atom. The number of rotatable bonds is 4. The van der Waals surface area contributed by atoms with Gasteiger partial charge in [-0.25, -0.2) is 8.78 Å². The maximum Gasteiger partial charge on any atom is 0.160 e. The van der Waals surface area contributed by atoms with Crippen molar-refractivity contribution < 1.29 is 18.6 Å². The number of halogens is 2. The molecule has 2 aromatic rings. The molecule has 2 rings (SSSR count). The van der Waals surface area contributed by atoms with Crippen molar-refractivity contribution in [2.45, 2.75) is 13.5 Å². The lowest BCUT2D eigenvalue weighted by Gasteiger charge is -2.11. The molecule has 0 bridgehead atoms. The Bertz CT molecular complexity index is 630. The van der Waals surface area contributed by atoms with Gasteiger partial charge in [0.15, 0.2) is 17.3 Å². The number of benzene rings is 2. The summed E-state index contributed by atoms with van der Waals surface area (Å²) in [6, 6.07) is 7.38. The van der Waals surface area contributed by atoms with Crippen molar-refractivity contribution in [1.29, 1.82) is 0 Å². The van der Waals surface area contributed by atoms with E-state index in [1.54, 1.807) is 19.1 Å². The largest absolute Gasteiger partial charge is 0.504 e. The number of aromatic hydroxyl groups is 1. The maximum absolute atomic E-state index is 13.8. The first-order valence-corrected chi connectivity index (χ1v) is 6.07.